The first-order valence-corrected chi connectivity index (χ1v) is 7.58. The van der Waals surface area contributed by atoms with Gasteiger partial charge >= 0.3 is 0 Å². The van der Waals surface area contributed by atoms with Crippen LogP contribution in [0.3, 0.4) is 0 Å². The van der Waals surface area contributed by atoms with Gasteiger partial charge in [0, 0.05) is 19.2 Å². The molecule has 4 nitrogen and oxygen atoms in total. The molecule has 3 rings (SSSR count). The molecular formula is C16H18ClNO3. The van der Waals surface area contributed by atoms with Crippen LogP contribution in [0.5, 0.6) is 0 Å². The Bertz CT molecular complexity index is 608. The predicted molar refractivity (Wildman–Crippen MR) is 79.4 cm³/mol. The number of benzene rings is 1. The van der Waals surface area contributed by atoms with Crippen molar-refractivity contribution >= 4 is 23.4 Å². The number of fused-ring (bicyclic) bond motifs is 1. The molecule has 0 radical (unpaired) electrons. The van der Waals surface area contributed by atoms with E-state index in [1.165, 1.54) is 11.9 Å². The maximum atomic E-state index is 12.2. The third-order valence-electron chi connectivity index (χ3n) is 4.46. The number of halogens is 1. The summed E-state index contributed by atoms with van der Waals surface area (Å²) in [5.74, 6) is -0.432. The van der Waals surface area contributed by atoms with Crippen LogP contribution in [0.4, 0.5) is 0 Å². The highest BCUT2D eigenvalue weighted by Gasteiger charge is 2.39. The summed E-state index contributed by atoms with van der Waals surface area (Å²) in [4.78, 5) is 25.1. The molecule has 2 heterocycles. The lowest BCUT2D eigenvalue weighted by atomic mass is 9.89. The number of hydrogen-bond acceptors (Lipinski definition) is 3. The van der Waals surface area contributed by atoms with Gasteiger partial charge in [0.05, 0.1) is 17.4 Å². The Morgan fingerprint density at radius 1 is 1.38 bits per heavy atom. The summed E-state index contributed by atoms with van der Waals surface area (Å²) in [7, 11) is 1.51. The smallest absolute Gasteiger partial charge is 0.260 e. The van der Waals surface area contributed by atoms with Crippen LogP contribution in [0, 0.1) is 0 Å². The van der Waals surface area contributed by atoms with Gasteiger partial charge in [0.25, 0.3) is 5.91 Å². The molecule has 2 aliphatic rings. The standard InChI is InChI=1S/C16H18ClNO3/c1-16(6-3-7-21-16)14(17)11-5-4-10-9-13(19)18(2)15(20)12(10)8-11/h4-5,8,14H,3,6-7,9H2,1-2H3. The summed E-state index contributed by atoms with van der Waals surface area (Å²) < 4.78 is 5.78. The van der Waals surface area contributed by atoms with Gasteiger partial charge in [-0.1, -0.05) is 12.1 Å². The van der Waals surface area contributed by atoms with E-state index in [2.05, 4.69) is 0 Å². The minimum Gasteiger partial charge on any atom is -0.373 e. The Morgan fingerprint density at radius 3 is 2.81 bits per heavy atom. The van der Waals surface area contributed by atoms with Crippen LogP contribution in [-0.4, -0.2) is 36.0 Å². The van der Waals surface area contributed by atoms with Gasteiger partial charge in [-0.25, -0.2) is 0 Å². The van der Waals surface area contributed by atoms with Gasteiger partial charge in [0.15, 0.2) is 0 Å². The number of carbonyl (C=O) groups is 2. The van der Waals surface area contributed by atoms with Gasteiger partial charge in [0.1, 0.15) is 0 Å². The van der Waals surface area contributed by atoms with Gasteiger partial charge in [-0.15, -0.1) is 11.6 Å². The second-order valence-corrected chi connectivity index (χ2v) is 6.41. The second-order valence-electron chi connectivity index (χ2n) is 5.98. The molecule has 0 N–H and O–H groups in total. The molecular weight excluding hydrogens is 290 g/mol. The van der Waals surface area contributed by atoms with E-state index in [1.807, 2.05) is 25.1 Å². The lowest BCUT2D eigenvalue weighted by Gasteiger charge is -2.30. The van der Waals surface area contributed by atoms with Crippen molar-refractivity contribution in [3.63, 3.8) is 0 Å². The van der Waals surface area contributed by atoms with Gasteiger partial charge in [-0.05, 0) is 37.0 Å². The first-order chi connectivity index (χ1) is 9.92. The van der Waals surface area contributed by atoms with E-state index >= 15 is 0 Å². The highest BCUT2D eigenvalue weighted by Crippen LogP contribution is 2.42. The molecule has 2 aliphatic heterocycles. The van der Waals surface area contributed by atoms with E-state index in [1.54, 1.807) is 0 Å². The summed E-state index contributed by atoms with van der Waals surface area (Å²) in [5, 5.41) is -0.305. The fourth-order valence-corrected chi connectivity index (χ4v) is 3.34. The van der Waals surface area contributed by atoms with E-state index < -0.39 is 5.60 Å². The Hall–Kier alpha value is -1.39. The summed E-state index contributed by atoms with van der Waals surface area (Å²) in [6, 6.07) is 5.54. The molecule has 0 spiro atoms. The fraction of sp³-hybridized carbons (Fsp3) is 0.500. The van der Waals surface area contributed by atoms with E-state index in [-0.39, 0.29) is 23.6 Å². The first-order valence-electron chi connectivity index (χ1n) is 7.14. The highest BCUT2D eigenvalue weighted by atomic mass is 35.5. The minimum atomic E-state index is -0.394. The minimum absolute atomic E-state index is 0.172. The van der Waals surface area contributed by atoms with Gasteiger partial charge < -0.3 is 4.74 Å². The quantitative estimate of drug-likeness (QED) is 0.623. The van der Waals surface area contributed by atoms with Crippen LogP contribution in [0.25, 0.3) is 0 Å². The number of alkyl halides is 1. The Balaban J connectivity index is 1.96. The topological polar surface area (TPSA) is 46.6 Å². The number of amides is 2. The molecule has 1 aromatic rings. The third kappa shape index (κ3) is 2.36. The lowest BCUT2D eigenvalue weighted by molar-refractivity contribution is -0.127. The molecule has 1 fully saturated rings. The van der Waals surface area contributed by atoms with Gasteiger partial charge in [-0.3, -0.25) is 14.5 Å². The van der Waals surface area contributed by atoms with E-state index in [4.69, 9.17) is 16.3 Å². The number of imide groups is 1. The Kier molecular flexibility index (Phi) is 3.54. The van der Waals surface area contributed by atoms with Crippen molar-refractivity contribution in [2.75, 3.05) is 13.7 Å². The first kappa shape index (κ1) is 14.5. The predicted octanol–water partition coefficient (Wildman–Crippen LogP) is 2.69. The molecule has 2 unspecified atom stereocenters. The SMILES string of the molecule is CN1C(=O)Cc2ccc(C(Cl)C3(C)CCCO3)cc2C1=O. The summed E-state index contributed by atoms with van der Waals surface area (Å²) in [6.07, 6.45) is 2.17. The Morgan fingerprint density at radius 2 is 2.14 bits per heavy atom. The zero-order valence-electron chi connectivity index (χ0n) is 12.2. The molecule has 21 heavy (non-hydrogen) atoms. The van der Waals surface area contributed by atoms with Crippen LogP contribution in [0.2, 0.25) is 0 Å². The van der Waals surface area contributed by atoms with Crippen molar-refractivity contribution in [1.82, 2.24) is 4.90 Å². The molecule has 0 saturated carbocycles. The second kappa shape index (κ2) is 5.11. The average Bonchev–Trinajstić information content (AvgIpc) is 2.92. The van der Waals surface area contributed by atoms with Crippen LogP contribution >= 0.6 is 11.6 Å². The largest absolute Gasteiger partial charge is 0.373 e. The van der Waals surface area contributed by atoms with Crippen molar-refractivity contribution in [3.8, 4) is 0 Å². The van der Waals surface area contributed by atoms with Gasteiger partial charge in [-0.2, -0.15) is 0 Å². The normalized spacial score (nSPS) is 26.9. The Labute approximate surface area is 129 Å². The molecule has 0 aliphatic carbocycles. The van der Waals surface area contributed by atoms with Crippen LogP contribution in [0.1, 0.15) is 46.6 Å². The average molecular weight is 308 g/mol. The van der Waals surface area contributed by atoms with Crippen molar-refractivity contribution in [2.24, 2.45) is 0 Å². The maximum absolute atomic E-state index is 12.2. The zero-order valence-corrected chi connectivity index (χ0v) is 12.9. The molecule has 1 saturated heterocycles. The fourth-order valence-electron chi connectivity index (χ4n) is 3.03. The molecule has 1 aromatic carbocycles. The molecule has 0 bridgehead atoms. The van der Waals surface area contributed by atoms with Crippen LogP contribution in [-0.2, 0) is 16.0 Å². The number of hydrogen-bond donors (Lipinski definition) is 0. The monoisotopic (exact) mass is 307 g/mol. The van der Waals surface area contributed by atoms with E-state index in [9.17, 15) is 9.59 Å². The number of carbonyl (C=O) groups excluding carboxylic acids is 2. The van der Waals surface area contributed by atoms with Crippen molar-refractivity contribution < 1.29 is 14.3 Å². The van der Waals surface area contributed by atoms with Crippen molar-refractivity contribution in [1.29, 1.82) is 0 Å². The maximum Gasteiger partial charge on any atom is 0.260 e. The number of ether oxygens (including phenoxy) is 1. The van der Waals surface area contributed by atoms with E-state index in [0.717, 1.165) is 30.6 Å². The van der Waals surface area contributed by atoms with Crippen molar-refractivity contribution in [3.05, 3.63) is 34.9 Å². The van der Waals surface area contributed by atoms with Crippen molar-refractivity contribution in [2.45, 2.75) is 37.2 Å². The summed E-state index contributed by atoms with van der Waals surface area (Å²) in [6.45, 7) is 2.73. The zero-order chi connectivity index (χ0) is 15.2. The lowest BCUT2D eigenvalue weighted by Crippen LogP contribution is -2.39. The molecule has 2 amide bonds. The third-order valence-corrected chi connectivity index (χ3v) is 5.18. The van der Waals surface area contributed by atoms with E-state index in [0.29, 0.717) is 5.56 Å². The van der Waals surface area contributed by atoms with Crippen LogP contribution < -0.4 is 0 Å². The highest BCUT2D eigenvalue weighted by molar-refractivity contribution is 6.21. The van der Waals surface area contributed by atoms with Gasteiger partial charge in [0.2, 0.25) is 5.91 Å². The molecule has 5 heteroatoms. The van der Waals surface area contributed by atoms with Crippen LogP contribution in [0.15, 0.2) is 18.2 Å². The molecule has 0 aromatic heterocycles. The summed E-state index contributed by atoms with van der Waals surface area (Å²) in [5.41, 5.74) is 1.82. The summed E-state index contributed by atoms with van der Waals surface area (Å²) >= 11 is 6.59. The number of rotatable bonds is 2. The molecule has 2 atom stereocenters. The molecule has 112 valence electrons. The number of likely N-dealkylation sites (N-methyl/N-ethyl adjacent to an activating group) is 1. The number of nitrogens with zero attached hydrogens (tertiary/aromatic N) is 1.